The summed E-state index contributed by atoms with van der Waals surface area (Å²) in [7, 11) is 0. The molecule has 37 heavy (non-hydrogen) atoms. The van der Waals surface area contributed by atoms with E-state index in [-0.39, 0.29) is 23.7 Å². The van der Waals surface area contributed by atoms with Crippen LogP contribution in [-0.4, -0.2) is 50.9 Å². The maximum Gasteiger partial charge on any atom is 0.235 e. The average Bonchev–Trinajstić information content (AvgIpc) is 3.34. The molecule has 1 aromatic carbocycles. The van der Waals surface area contributed by atoms with Crippen LogP contribution in [0.25, 0.3) is 0 Å². The summed E-state index contributed by atoms with van der Waals surface area (Å²) in [5, 5.41) is 25.8. The van der Waals surface area contributed by atoms with Crippen LogP contribution in [-0.2, 0) is 32.1 Å². The van der Waals surface area contributed by atoms with Gasteiger partial charge in [0, 0.05) is 24.4 Å². The summed E-state index contributed by atoms with van der Waals surface area (Å²) in [4.78, 5) is 66.1. The second-order valence-corrected chi connectivity index (χ2v) is 11.6. The molecule has 5 rings (SSSR count). The predicted molar refractivity (Wildman–Crippen MR) is 131 cm³/mol. The lowest BCUT2D eigenvalue weighted by Gasteiger charge is -2.52. The van der Waals surface area contributed by atoms with Gasteiger partial charge in [0.25, 0.3) is 0 Å². The van der Waals surface area contributed by atoms with Crippen molar-refractivity contribution in [3.8, 4) is 5.75 Å². The molecule has 4 aliphatic rings. The molecular weight excluding hydrogens is 476 g/mol. The number of rotatable bonds is 5. The van der Waals surface area contributed by atoms with E-state index in [0.717, 1.165) is 18.4 Å². The van der Waals surface area contributed by atoms with Gasteiger partial charge >= 0.3 is 0 Å². The van der Waals surface area contributed by atoms with E-state index >= 15 is 0 Å². The third-order valence-corrected chi connectivity index (χ3v) is 9.23. The molecule has 1 aromatic rings. The van der Waals surface area contributed by atoms with Crippen molar-refractivity contribution < 1.29 is 34.2 Å². The Morgan fingerprint density at radius 2 is 1.81 bits per heavy atom. The van der Waals surface area contributed by atoms with E-state index in [1.54, 1.807) is 19.9 Å². The van der Waals surface area contributed by atoms with Crippen molar-refractivity contribution in [1.29, 1.82) is 0 Å². The maximum atomic E-state index is 13.8. The molecule has 0 spiro atoms. The van der Waals surface area contributed by atoms with Crippen molar-refractivity contribution in [2.24, 2.45) is 41.2 Å². The SMILES string of the molecule is CC(C)[C@@H]1C(=O)C(C(N)=O)C(=O)[C@@]2(O)C(=O)C3C(=O)c4c(O)ccc(CNC5CCCC5)c4C[C@H]3C[C@@H]12. The number of nitrogens with one attached hydrogen (secondary N) is 1. The molecule has 0 aromatic heterocycles. The largest absolute Gasteiger partial charge is 0.507 e. The van der Waals surface area contributed by atoms with Gasteiger partial charge in [0.1, 0.15) is 5.75 Å². The number of primary amides is 1. The summed E-state index contributed by atoms with van der Waals surface area (Å²) in [6.07, 6.45) is 4.91. The van der Waals surface area contributed by atoms with Gasteiger partial charge in [-0.25, -0.2) is 0 Å². The quantitative estimate of drug-likeness (QED) is 0.430. The van der Waals surface area contributed by atoms with Crippen LogP contribution in [0.1, 0.15) is 67.4 Å². The number of aromatic hydroxyl groups is 1. The molecule has 0 bridgehead atoms. The number of hydrogen-bond donors (Lipinski definition) is 4. The number of phenolic OH excluding ortho intramolecular Hbond substituents is 1. The Balaban J connectivity index is 1.55. The summed E-state index contributed by atoms with van der Waals surface area (Å²) in [5.41, 5.74) is 4.28. The fourth-order valence-electron chi connectivity index (χ4n) is 7.47. The van der Waals surface area contributed by atoms with Gasteiger partial charge in [-0.05, 0) is 54.7 Å². The number of hydrogen-bond acceptors (Lipinski definition) is 8. The lowest BCUT2D eigenvalue weighted by Crippen LogP contribution is -2.71. The summed E-state index contributed by atoms with van der Waals surface area (Å²) < 4.78 is 0. The van der Waals surface area contributed by atoms with Crippen LogP contribution >= 0.6 is 0 Å². The second-order valence-electron chi connectivity index (χ2n) is 11.6. The van der Waals surface area contributed by atoms with E-state index in [9.17, 15) is 34.2 Å². The standard InChI is InChI=1S/C28H34N2O7/c1-12(2)19-17-10-14-9-16-13(11-30-15-5-3-4-6-15)7-8-18(31)21(16)24(33)20(14)25(34)28(17,37)26(35)22(23(19)32)27(29)36/h7-8,12,14-15,17,19-20,22,30-31,37H,3-6,9-11H2,1-2H3,(H2,29,36)/t14-,17-,19-,20?,22?,28-/m0/s1. The molecular formula is C28H34N2O7. The first-order valence-electron chi connectivity index (χ1n) is 13.2. The molecule has 9 heteroatoms. The summed E-state index contributed by atoms with van der Waals surface area (Å²) >= 11 is 0. The van der Waals surface area contributed by atoms with E-state index in [1.165, 1.54) is 18.9 Å². The van der Waals surface area contributed by atoms with Crippen LogP contribution < -0.4 is 11.1 Å². The monoisotopic (exact) mass is 510 g/mol. The van der Waals surface area contributed by atoms with Gasteiger partial charge in [0.2, 0.25) is 5.91 Å². The van der Waals surface area contributed by atoms with Gasteiger partial charge in [-0.2, -0.15) is 0 Å². The number of Topliss-reactive ketones (excluding diaryl/α,β-unsaturated/α-hetero) is 4. The first-order valence-corrected chi connectivity index (χ1v) is 13.2. The number of ketones is 4. The van der Waals surface area contributed by atoms with Crippen LogP contribution in [0, 0.1) is 35.5 Å². The van der Waals surface area contributed by atoms with E-state index in [4.69, 9.17) is 5.73 Å². The third kappa shape index (κ3) is 3.77. The Bertz CT molecular complexity index is 1200. The predicted octanol–water partition coefficient (Wildman–Crippen LogP) is 1.24. The molecule has 0 aliphatic heterocycles. The van der Waals surface area contributed by atoms with Crippen molar-refractivity contribution in [1.82, 2.24) is 5.32 Å². The van der Waals surface area contributed by atoms with E-state index in [1.807, 2.05) is 0 Å². The van der Waals surface area contributed by atoms with Gasteiger partial charge < -0.3 is 21.3 Å². The van der Waals surface area contributed by atoms with Crippen molar-refractivity contribution in [2.75, 3.05) is 0 Å². The second kappa shape index (κ2) is 9.13. The van der Waals surface area contributed by atoms with Crippen molar-refractivity contribution in [3.05, 3.63) is 28.8 Å². The van der Waals surface area contributed by atoms with Crippen LogP contribution in [0.15, 0.2) is 12.1 Å². The maximum absolute atomic E-state index is 13.8. The minimum absolute atomic E-state index is 0.0496. The molecule has 0 saturated heterocycles. The average molecular weight is 511 g/mol. The van der Waals surface area contributed by atoms with Gasteiger partial charge in [-0.1, -0.05) is 32.8 Å². The first-order chi connectivity index (χ1) is 17.5. The molecule has 5 N–H and O–H groups in total. The minimum Gasteiger partial charge on any atom is -0.507 e. The van der Waals surface area contributed by atoms with Crippen molar-refractivity contribution in [3.63, 3.8) is 0 Å². The smallest absolute Gasteiger partial charge is 0.235 e. The number of carbonyl (C=O) groups is 5. The van der Waals surface area contributed by atoms with Gasteiger partial charge in [0.15, 0.2) is 34.7 Å². The highest BCUT2D eigenvalue weighted by molar-refractivity contribution is 6.31. The van der Waals surface area contributed by atoms with Crippen LogP contribution in [0.2, 0.25) is 0 Å². The number of aliphatic hydroxyl groups is 1. The molecule has 198 valence electrons. The number of nitrogens with two attached hydrogens (primary N) is 1. The van der Waals surface area contributed by atoms with Crippen LogP contribution in [0.5, 0.6) is 5.75 Å². The van der Waals surface area contributed by atoms with Gasteiger partial charge in [-0.15, -0.1) is 0 Å². The Morgan fingerprint density at radius 3 is 2.43 bits per heavy atom. The lowest BCUT2D eigenvalue weighted by atomic mass is 9.49. The van der Waals surface area contributed by atoms with Gasteiger partial charge in [0.05, 0.1) is 11.5 Å². The summed E-state index contributed by atoms with van der Waals surface area (Å²) in [5.74, 6) is -11.2. The topological polar surface area (TPSA) is 164 Å². The number of benzene rings is 1. The third-order valence-electron chi connectivity index (χ3n) is 9.23. The molecule has 4 aliphatic carbocycles. The number of amides is 1. The highest BCUT2D eigenvalue weighted by Crippen LogP contribution is 2.53. The molecule has 9 nitrogen and oxygen atoms in total. The van der Waals surface area contributed by atoms with Crippen molar-refractivity contribution in [2.45, 2.75) is 70.6 Å². The Hall–Kier alpha value is -2.91. The Morgan fingerprint density at radius 1 is 1.14 bits per heavy atom. The summed E-state index contributed by atoms with van der Waals surface area (Å²) in [6.45, 7) is 3.99. The molecule has 2 unspecified atom stereocenters. The first kappa shape index (κ1) is 25.7. The normalized spacial score (nSPS) is 33.9. The van der Waals surface area contributed by atoms with Crippen molar-refractivity contribution >= 4 is 29.0 Å². The molecule has 3 fully saturated rings. The molecule has 0 radical (unpaired) electrons. The van der Waals surface area contributed by atoms with Crippen LogP contribution in [0.4, 0.5) is 0 Å². The fourth-order valence-corrected chi connectivity index (χ4v) is 7.47. The van der Waals surface area contributed by atoms with E-state index < -0.39 is 64.2 Å². The summed E-state index contributed by atoms with van der Waals surface area (Å²) in [6, 6.07) is 3.62. The van der Waals surface area contributed by atoms with E-state index in [0.29, 0.717) is 24.6 Å². The van der Waals surface area contributed by atoms with Crippen LogP contribution in [0.3, 0.4) is 0 Å². The lowest BCUT2D eigenvalue weighted by molar-refractivity contribution is -0.182. The number of fused-ring (bicyclic) bond motifs is 3. The zero-order valence-corrected chi connectivity index (χ0v) is 21.2. The Labute approximate surface area is 215 Å². The van der Waals surface area contributed by atoms with Gasteiger partial charge in [-0.3, -0.25) is 24.0 Å². The van der Waals surface area contributed by atoms with E-state index in [2.05, 4.69) is 5.32 Å². The molecule has 0 heterocycles. The zero-order chi connectivity index (χ0) is 26.8. The molecule has 6 atom stereocenters. The highest BCUT2D eigenvalue weighted by Gasteiger charge is 2.69. The molecule has 3 saturated carbocycles. The fraction of sp³-hybridized carbons (Fsp3) is 0.607. The zero-order valence-electron chi connectivity index (χ0n) is 21.2. The number of phenols is 1. The minimum atomic E-state index is -2.66. The highest BCUT2D eigenvalue weighted by atomic mass is 16.3. The molecule has 1 amide bonds. The number of carbonyl (C=O) groups excluding carboxylic acids is 5. The Kier molecular flexibility index (Phi) is 6.35.